The van der Waals surface area contributed by atoms with Gasteiger partial charge in [-0.15, -0.1) is 0 Å². The molecule has 0 unspecified atom stereocenters. The quantitative estimate of drug-likeness (QED) is 0.749. The second kappa shape index (κ2) is 3.67. The molecule has 2 aromatic rings. The van der Waals surface area contributed by atoms with Gasteiger partial charge in [-0.25, -0.2) is 0 Å². The van der Waals surface area contributed by atoms with Crippen molar-refractivity contribution < 1.29 is 0 Å². The van der Waals surface area contributed by atoms with Crippen LogP contribution in [-0.2, 0) is 6.54 Å². The summed E-state index contributed by atoms with van der Waals surface area (Å²) >= 11 is 5.01. The van der Waals surface area contributed by atoms with Crippen molar-refractivity contribution in [1.82, 2.24) is 24.7 Å². The Hall–Kier alpha value is -1.56. The van der Waals surface area contributed by atoms with Gasteiger partial charge < -0.3 is 4.57 Å². The fourth-order valence-electron chi connectivity index (χ4n) is 1.06. The zero-order valence-electron chi connectivity index (χ0n) is 7.64. The molecule has 0 fully saturated rings. The average Bonchev–Trinajstić information content (AvgIpc) is 2.56. The molecule has 2 heterocycles. The average molecular weight is 207 g/mol. The number of hydrogen-bond acceptors (Lipinski definition) is 4. The monoisotopic (exact) mass is 207 g/mol. The number of nitrogens with zero attached hydrogens (tertiary/aromatic N) is 4. The lowest BCUT2D eigenvalue weighted by Gasteiger charge is -2.00. The third-order valence-corrected chi connectivity index (χ3v) is 2.11. The Morgan fingerprint density at radius 1 is 1.43 bits per heavy atom. The van der Waals surface area contributed by atoms with Gasteiger partial charge in [-0.05, 0) is 19.1 Å². The first-order valence-corrected chi connectivity index (χ1v) is 4.54. The van der Waals surface area contributed by atoms with Gasteiger partial charge in [0.05, 0.1) is 24.1 Å². The molecular weight excluding hydrogens is 198 g/mol. The molecule has 72 valence electrons. The molecule has 0 aliphatic rings. The molecule has 0 aliphatic carbocycles. The van der Waals surface area contributed by atoms with E-state index in [1.54, 1.807) is 23.3 Å². The maximum atomic E-state index is 5.01. The molecular formula is C8H9N5S. The lowest BCUT2D eigenvalue weighted by Crippen LogP contribution is -2.01. The molecule has 2 rings (SSSR count). The summed E-state index contributed by atoms with van der Waals surface area (Å²) in [4.78, 5) is 8.37. The molecule has 0 spiro atoms. The highest BCUT2D eigenvalue weighted by atomic mass is 32.1. The first-order valence-electron chi connectivity index (χ1n) is 4.13. The van der Waals surface area contributed by atoms with Gasteiger partial charge in [-0.2, -0.15) is 5.10 Å². The molecule has 0 radical (unpaired) electrons. The lowest BCUT2D eigenvalue weighted by molar-refractivity contribution is 0.752. The standard InChI is InChI=1S/C8H9N5S/c1-6-2-10-7(3-9-6)4-13-5-11-12-8(13)14/h2-3,5H,4H2,1H3,(H,12,14). The lowest BCUT2D eigenvalue weighted by atomic mass is 10.4. The van der Waals surface area contributed by atoms with Crippen LogP contribution in [0.5, 0.6) is 0 Å². The predicted molar refractivity (Wildman–Crippen MR) is 53.3 cm³/mol. The molecule has 14 heavy (non-hydrogen) atoms. The van der Waals surface area contributed by atoms with Crippen LogP contribution in [0.1, 0.15) is 11.4 Å². The van der Waals surface area contributed by atoms with Crippen LogP contribution in [0, 0.1) is 11.7 Å². The Bertz CT molecular complexity index is 469. The van der Waals surface area contributed by atoms with E-state index in [0.717, 1.165) is 11.4 Å². The Labute approximate surface area is 85.8 Å². The maximum Gasteiger partial charge on any atom is 0.195 e. The second-order valence-corrected chi connectivity index (χ2v) is 3.33. The smallest absolute Gasteiger partial charge is 0.195 e. The fourth-order valence-corrected chi connectivity index (χ4v) is 1.22. The molecule has 2 aromatic heterocycles. The summed E-state index contributed by atoms with van der Waals surface area (Å²) in [5.74, 6) is 0. The van der Waals surface area contributed by atoms with Gasteiger partial charge in [0.1, 0.15) is 6.33 Å². The Kier molecular flexibility index (Phi) is 2.36. The minimum Gasteiger partial charge on any atom is -0.301 e. The van der Waals surface area contributed by atoms with E-state index in [-0.39, 0.29) is 0 Å². The maximum absolute atomic E-state index is 5.01. The number of aromatic amines is 1. The van der Waals surface area contributed by atoms with Crippen LogP contribution in [-0.4, -0.2) is 24.7 Å². The van der Waals surface area contributed by atoms with Crippen LogP contribution in [0.15, 0.2) is 18.7 Å². The van der Waals surface area contributed by atoms with Crippen molar-refractivity contribution in [2.24, 2.45) is 0 Å². The van der Waals surface area contributed by atoms with Crippen molar-refractivity contribution in [2.45, 2.75) is 13.5 Å². The van der Waals surface area contributed by atoms with Crippen molar-refractivity contribution in [1.29, 1.82) is 0 Å². The molecule has 0 aromatic carbocycles. The van der Waals surface area contributed by atoms with Gasteiger partial charge >= 0.3 is 0 Å². The molecule has 0 saturated heterocycles. The number of hydrogen-bond donors (Lipinski definition) is 1. The minimum atomic E-state index is 0.590. The molecule has 1 N–H and O–H groups in total. The van der Waals surface area contributed by atoms with Crippen LogP contribution in [0.4, 0.5) is 0 Å². The minimum absolute atomic E-state index is 0.590. The molecule has 0 amide bonds. The van der Waals surface area contributed by atoms with E-state index in [4.69, 9.17) is 12.2 Å². The Balaban J connectivity index is 2.23. The summed E-state index contributed by atoms with van der Waals surface area (Å²) in [6, 6.07) is 0. The van der Waals surface area contributed by atoms with E-state index in [1.807, 2.05) is 6.92 Å². The van der Waals surface area contributed by atoms with Crippen molar-refractivity contribution >= 4 is 12.2 Å². The topological polar surface area (TPSA) is 59.4 Å². The molecule has 5 nitrogen and oxygen atoms in total. The van der Waals surface area contributed by atoms with Crippen LogP contribution >= 0.6 is 12.2 Å². The Morgan fingerprint density at radius 3 is 2.86 bits per heavy atom. The van der Waals surface area contributed by atoms with E-state index in [2.05, 4.69) is 20.2 Å². The zero-order valence-corrected chi connectivity index (χ0v) is 8.45. The fraction of sp³-hybridized carbons (Fsp3) is 0.250. The van der Waals surface area contributed by atoms with Crippen LogP contribution < -0.4 is 0 Å². The third-order valence-electron chi connectivity index (χ3n) is 1.78. The van der Waals surface area contributed by atoms with E-state index in [0.29, 0.717) is 11.3 Å². The van der Waals surface area contributed by atoms with Crippen LogP contribution in [0.25, 0.3) is 0 Å². The van der Waals surface area contributed by atoms with Crippen molar-refractivity contribution in [3.05, 3.63) is 34.9 Å². The number of nitrogens with one attached hydrogen (secondary N) is 1. The van der Waals surface area contributed by atoms with E-state index in [1.165, 1.54) is 0 Å². The number of aromatic nitrogens is 5. The summed E-state index contributed by atoms with van der Waals surface area (Å²) in [5, 5.41) is 6.50. The highest BCUT2D eigenvalue weighted by molar-refractivity contribution is 7.71. The van der Waals surface area contributed by atoms with E-state index in [9.17, 15) is 0 Å². The van der Waals surface area contributed by atoms with Crippen molar-refractivity contribution in [2.75, 3.05) is 0 Å². The number of rotatable bonds is 2. The summed E-state index contributed by atoms with van der Waals surface area (Å²) in [7, 11) is 0. The summed E-state index contributed by atoms with van der Waals surface area (Å²) in [5.41, 5.74) is 1.78. The third kappa shape index (κ3) is 1.85. The molecule has 0 saturated carbocycles. The molecule has 0 bridgehead atoms. The van der Waals surface area contributed by atoms with Gasteiger partial charge in [0, 0.05) is 6.20 Å². The number of H-pyrrole nitrogens is 1. The highest BCUT2D eigenvalue weighted by Gasteiger charge is 1.98. The number of aryl methyl sites for hydroxylation is 1. The zero-order chi connectivity index (χ0) is 9.97. The van der Waals surface area contributed by atoms with Crippen LogP contribution in [0.2, 0.25) is 0 Å². The van der Waals surface area contributed by atoms with Crippen molar-refractivity contribution in [3.8, 4) is 0 Å². The van der Waals surface area contributed by atoms with Gasteiger partial charge in [0.25, 0.3) is 0 Å². The highest BCUT2D eigenvalue weighted by Crippen LogP contribution is 1.98. The second-order valence-electron chi connectivity index (χ2n) is 2.94. The molecule has 0 aliphatic heterocycles. The molecule has 0 atom stereocenters. The van der Waals surface area contributed by atoms with E-state index < -0.39 is 0 Å². The largest absolute Gasteiger partial charge is 0.301 e. The van der Waals surface area contributed by atoms with Gasteiger partial charge in [-0.1, -0.05) is 0 Å². The van der Waals surface area contributed by atoms with Gasteiger partial charge in [0.15, 0.2) is 4.77 Å². The molecule has 6 heteroatoms. The Morgan fingerprint density at radius 2 is 2.29 bits per heavy atom. The SMILES string of the molecule is Cc1cnc(Cn2cn[nH]c2=S)cn1. The summed E-state index contributed by atoms with van der Waals surface area (Å²) < 4.78 is 2.39. The summed E-state index contributed by atoms with van der Waals surface area (Å²) in [6.45, 7) is 2.50. The van der Waals surface area contributed by atoms with Gasteiger partial charge in [-0.3, -0.25) is 15.1 Å². The van der Waals surface area contributed by atoms with Crippen molar-refractivity contribution in [3.63, 3.8) is 0 Å². The first kappa shape index (κ1) is 9.01. The summed E-state index contributed by atoms with van der Waals surface area (Å²) in [6.07, 6.45) is 5.12. The normalized spacial score (nSPS) is 10.4. The van der Waals surface area contributed by atoms with Crippen LogP contribution in [0.3, 0.4) is 0 Å². The predicted octanol–water partition coefficient (Wildman–Crippen LogP) is 1.09. The van der Waals surface area contributed by atoms with Gasteiger partial charge in [0.2, 0.25) is 0 Å². The van der Waals surface area contributed by atoms with E-state index >= 15 is 0 Å². The first-order chi connectivity index (χ1) is 6.75.